The number of morpholine rings is 1. The summed E-state index contributed by atoms with van der Waals surface area (Å²) >= 11 is 3.47. The van der Waals surface area contributed by atoms with Crippen LogP contribution in [0.25, 0.3) is 10.2 Å². The number of hydrogen-bond donors (Lipinski definition) is 0. The third-order valence-corrected chi connectivity index (χ3v) is 8.00. The number of ether oxygens (including phenoxy) is 1. The van der Waals surface area contributed by atoms with Gasteiger partial charge < -0.3 is 4.74 Å². The second-order valence-corrected chi connectivity index (χ2v) is 11.9. The molecule has 0 atom stereocenters. The van der Waals surface area contributed by atoms with Crippen molar-refractivity contribution in [2.45, 2.75) is 50.7 Å². The Morgan fingerprint density at radius 2 is 1.91 bits per heavy atom. The minimum atomic E-state index is 0.111. The molecule has 0 bridgehead atoms. The number of amides is 1. The summed E-state index contributed by atoms with van der Waals surface area (Å²) in [6.07, 6.45) is 1.31. The highest BCUT2D eigenvalue weighted by atomic mass is 32.2. The van der Waals surface area contributed by atoms with E-state index in [1.807, 2.05) is 16.7 Å². The third-order valence-electron chi connectivity index (χ3n) is 5.96. The molecular weight excluding hydrogens is 462 g/mol. The van der Waals surface area contributed by atoms with Gasteiger partial charge in [0.15, 0.2) is 5.13 Å². The fraction of sp³-hybridized carbons (Fsp3) is 0.481. The van der Waals surface area contributed by atoms with Crippen molar-refractivity contribution in [3.8, 4) is 0 Å². The van der Waals surface area contributed by atoms with Crippen molar-refractivity contribution in [2.75, 3.05) is 44.3 Å². The zero-order valence-corrected chi connectivity index (χ0v) is 22.3. The average Bonchev–Trinajstić information content (AvgIpc) is 3.22. The molecule has 7 heteroatoms. The number of aromatic nitrogens is 1. The van der Waals surface area contributed by atoms with Gasteiger partial charge in [0.2, 0.25) is 5.91 Å². The molecule has 2 heterocycles. The van der Waals surface area contributed by atoms with Crippen molar-refractivity contribution < 1.29 is 9.53 Å². The lowest BCUT2D eigenvalue weighted by Crippen LogP contribution is -2.39. The van der Waals surface area contributed by atoms with Gasteiger partial charge in [0.25, 0.3) is 0 Å². The van der Waals surface area contributed by atoms with Crippen LogP contribution in [0.4, 0.5) is 5.13 Å². The first kappa shape index (κ1) is 25.2. The number of thioether (sulfide) groups is 1. The molecular formula is C27H35N3O2S2. The summed E-state index contributed by atoms with van der Waals surface area (Å²) in [7, 11) is 0. The largest absolute Gasteiger partial charge is 0.379 e. The van der Waals surface area contributed by atoms with Crippen molar-refractivity contribution in [1.82, 2.24) is 9.88 Å². The summed E-state index contributed by atoms with van der Waals surface area (Å²) in [5.41, 5.74) is 4.44. The predicted molar refractivity (Wildman–Crippen MR) is 144 cm³/mol. The summed E-state index contributed by atoms with van der Waals surface area (Å²) in [5, 5.41) is 1.35. The average molecular weight is 498 g/mol. The Morgan fingerprint density at radius 3 is 2.62 bits per heavy atom. The minimum absolute atomic E-state index is 0.111. The van der Waals surface area contributed by atoms with Gasteiger partial charge in [0.05, 0.1) is 29.9 Å². The number of carbonyl (C=O) groups excluding carboxylic acids is 1. The van der Waals surface area contributed by atoms with Crippen molar-refractivity contribution in [3.05, 3.63) is 53.1 Å². The monoisotopic (exact) mass is 497 g/mol. The number of benzene rings is 2. The summed E-state index contributed by atoms with van der Waals surface area (Å²) < 4.78 is 6.62. The first-order valence-corrected chi connectivity index (χ1v) is 13.8. The number of fused-ring (bicyclic) bond motifs is 1. The number of nitrogens with zero attached hydrogens (tertiary/aromatic N) is 3. The Morgan fingerprint density at radius 1 is 1.18 bits per heavy atom. The van der Waals surface area contributed by atoms with Crippen LogP contribution in [0.1, 0.15) is 37.0 Å². The van der Waals surface area contributed by atoms with E-state index in [0.717, 1.165) is 65.7 Å². The number of rotatable bonds is 9. The molecule has 0 spiro atoms. The van der Waals surface area contributed by atoms with Crippen LogP contribution in [0.3, 0.4) is 0 Å². The quantitative estimate of drug-likeness (QED) is 0.354. The lowest BCUT2D eigenvalue weighted by molar-refractivity contribution is -0.118. The van der Waals surface area contributed by atoms with E-state index in [2.05, 4.69) is 69.0 Å². The second-order valence-electron chi connectivity index (χ2n) is 9.27. The minimum Gasteiger partial charge on any atom is -0.379 e. The molecule has 1 aliphatic rings. The van der Waals surface area contributed by atoms with Gasteiger partial charge in [0.1, 0.15) is 0 Å². The topological polar surface area (TPSA) is 45.7 Å². The molecule has 1 fully saturated rings. The van der Waals surface area contributed by atoms with Crippen LogP contribution in [0, 0.1) is 13.8 Å². The van der Waals surface area contributed by atoms with E-state index in [1.54, 1.807) is 11.3 Å². The molecule has 1 aromatic heterocycles. The molecule has 34 heavy (non-hydrogen) atoms. The maximum atomic E-state index is 13.5. The van der Waals surface area contributed by atoms with E-state index in [1.165, 1.54) is 10.5 Å². The zero-order chi connectivity index (χ0) is 24.1. The smallest absolute Gasteiger partial charge is 0.233 e. The summed E-state index contributed by atoms with van der Waals surface area (Å²) in [6, 6.07) is 12.7. The van der Waals surface area contributed by atoms with Gasteiger partial charge in [-0.05, 0) is 55.2 Å². The highest BCUT2D eigenvalue weighted by Gasteiger charge is 2.21. The van der Waals surface area contributed by atoms with Gasteiger partial charge >= 0.3 is 0 Å². The Balaban J connectivity index is 1.51. The molecule has 0 radical (unpaired) electrons. The Bertz CT molecular complexity index is 1110. The van der Waals surface area contributed by atoms with Gasteiger partial charge in [0, 0.05) is 36.3 Å². The maximum absolute atomic E-state index is 13.5. The number of carbonyl (C=O) groups is 1. The molecule has 0 unspecified atom stereocenters. The van der Waals surface area contributed by atoms with Gasteiger partial charge in [-0.15, -0.1) is 11.8 Å². The Labute approximate surface area is 211 Å². The lowest BCUT2D eigenvalue weighted by Gasteiger charge is -2.27. The second kappa shape index (κ2) is 11.7. The summed E-state index contributed by atoms with van der Waals surface area (Å²) in [6.45, 7) is 13.8. The van der Waals surface area contributed by atoms with Gasteiger partial charge in [-0.25, -0.2) is 4.98 Å². The standard InChI is InChI=1S/C27H35N3O2S2/c1-19(2)33-23-8-6-22(7-9-23)18-25(31)30(11-5-10-29-12-14-32-15-13-29)27-28-26-21(4)16-20(3)17-24(26)34-27/h6-9,16-17,19H,5,10-15,18H2,1-4H3. The van der Waals surface area contributed by atoms with E-state index in [0.29, 0.717) is 18.2 Å². The molecule has 4 rings (SSSR count). The van der Waals surface area contributed by atoms with Crippen LogP contribution in [0.5, 0.6) is 0 Å². The summed E-state index contributed by atoms with van der Waals surface area (Å²) in [5.74, 6) is 0.111. The maximum Gasteiger partial charge on any atom is 0.233 e. The van der Waals surface area contributed by atoms with E-state index < -0.39 is 0 Å². The fourth-order valence-corrected chi connectivity index (χ4v) is 6.33. The Hall–Kier alpha value is -1.93. The van der Waals surface area contributed by atoms with Crippen LogP contribution >= 0.6 is 23.1 Å². The Kier molecular flexibility index (Phi) is 8.64. The van der Waals surface area contributed by atoms with E-state index in [-0.39, 0.29) is 5.91 Å². The van der Waals surface area contributed by atoms with Crippen molar-refractivity contribution >= 4 is 44.4 Å². The predicted octanol–water partition coefficient (Wildman–Crippen LogP) is 5.71. The number of anilines is 1. The highest BCUT2D eigenvalue weighted by Crippen LogP contribution is 2.32. The van der Waals surface area contributed by atoms with Crippen LogP contribution < -0.4 is 4.90 Å². The third kappa shape index (κ3) is 6.60. The van der Waals surface area contributed by atoms with Gasteiger partial charge in [-0.2, -0.15) is 0 Å². The van der Waals surface area contributed by atoms with Gasteiger partial charge in [-0.3, -0.25) is 14.6 Å². The number of hydrogen-bond acceptors (Lipinski definition) is 6. The zero-order valence-electron chi connectivity index (χ0n) is 20.7. The normalized spacial score (nSPS) is 14.7. The molecule has 5 nitrogen and oxygen atoms in total. The highest BCUT2D eigenvalue weighted by molar-refractivity contribution is 7.99. The van der Waals surface area contributed by atoms with E-state index in [9.17, 15) is 4.79 Å². The first-order chi connectivity index (χ1) is 16.4. The van der Waals surface area contributed by atoms with Crippen LogP contribution in [0.15, 0.2) is 41.3 Å². The fourth-order valence-electron chi connectivity index (χ4n) is 4.31. The lowest BCUT2D eigenvalue weighted by atomic mass is 10.1. The molecule has 2 aromatic carbocycles. The summed E-state index contributed by atoms with van der Waals surface area (Å²) in [4.78, 5) is 24.0. The molecule has 182 valence electrons. The number of aryl methyl sites for hydroxylation is 2. The van der Waals surface area contributed by atoms with Crippen LogP contribution in [-0.2, 0) is 16.0 Å². The van der Waals surface area contributed by atoms with E-state index >= 15 is 0 Å². The molecule has 1 amide bonds. The molecule has 1 saturated heterocycles. The molecule has 3 aromatic rings. The SMILES string of the molecule is Cc1cc(C)c2nc(N(CCCN3CCOCC3)C(=O)Cc3ccc(SC(C)C)cc3)sc2c1. The molecule has 0 aliphatic carbocycles. The van der Waals surface area contributed by atoms with Crippen molar-refractivity contribution in [3.63, 3.8) is 0 Å². The molecule has 1 aliphatic heterocycles. The first-order valence-electron chi connectivity index (χ1n) is 12.1. The van der Waals surface area contributed by atoms with E-state index in [4.69, 9.17) is 9.72 Å². The van der Waals surface area contributed by atoms with Gasteiger partial charge in [-0.1, -0.05) is 43.4 Å². The van der Waals surface area contributed by atoms with Crippen LogP contribution in [0.2, 0.25) is 0 Å². The molecule has 0 N–H and O–H groups in total. The number of thiazole rings is 1. The van der Waals surface area contributed by atoms with Crippen molar-refractivity contribution in [1.29, 1.82) is 0 Å². The molecule has 0 saturated carbocycles. The van der Waals surface area contributed by atoms with Crippen LogP contribution in [-0.4, -0.2) is 60.4 Å². The van der Waals surface area contributed by atoms with Crippen molar-refractivity contribution in [2.24, 2.45) is 0 Å².